The van der Waals surface area contributed by atoms with E-state index in [1.54, 1.807) is 97.1 Å². The third-order valence-electron chi connectivity index (χ3n) is 5.77. The van der Waals surface area contributed by atoms with E-state index in [4.69, 9.17) is 46.4 Å². The average molecular weight is 588 g/mol. The van der Waals surface area contributed by atoms with E-state index in [9.17, 15) is 8.42 Å². The van der Waals surface area contributed by atoms with E-state index in [2.05, 4.69) is 0 Å². The van der Waals surface area contributed by atoms with Crippen molar-refractivity contribution < 1.29 is 8.42 Å². The fourth-order valence-corrected chi connectivity index (χ4v) is 6.32. The van der Waals surface area contributed by atoms with Crippen molar-refractivity contribution in [2.24, 2.45) is 0 Å². The molecule has 4 aromatic carbocycles. The van der Waals surface area contributed by atoms with Crippen LogP contribution in [0.3, 0.4) is 0 Å². The molecule has 0 aliphatic rings. The summed E-state index contributed by atoms with van der Waals surface area (Å²) < 4.78 is 28.7. The van der Waals surface area contributed by atoms with Crippen molar-refractivity contribution in [3.05, 3.63) is 152 Å². The van der Waals surface area contributed by atoms with Gasteiger partial charge in [0.1, 0.15) is 10.5 Å². The van der Waals surface area contributed by atoms with Crippen LogP contribution in [-0.2, 0) is 9.84 Å². The minimum absolute atomic E-state index is 0.526. The molecule has 188 valence electrons. The van der Waals surface area contributed by atoms with Gasteiger partial charge in [0.15, 0.2) is 9.84 Å². The Kier molecular flexibility index (Phi) is 9.17. The zero-order chi connectivity index (χ0) is 26.4. The van der Waals surface area contributed by atoms with Gasteiger partial charge >= 0.3 is 0 Å². The Bertz CT molecular complexity index is 1380. The molecule has 0 amide bonds. The summed E-state index contributed by atoms with van der Waals surface area (Å²) in [5.74, 6) is 0. The summed E-state index contributed by atoms with van der Waals surface area (Å²) >= 11 is 24.2. The molecule has 0 spiro atoms. The second kappa shape index (κ2) is 12.3. The lowest BCUT2D eigenvalue weighted by molar-refractivity contribution is 0.584. The molecule has 0 saturated heterocycles. The first-order valence-corrected chi connectivity index (χ1v) is 14.5. The van der Waals surface area contributed by atoms with E-state index < -0.39 is 20.3 Å². The van der Waals surface area contributed by atoms with Crippen molar-refractivity contribution in [2.45, 2.75) is 10.5 Å². The molecule has 0 aliphatic carbocycles. The van der Waals surface area contributed by atoms with Crippen LogP contribution in [0.2, 0.25) is 20.1 Å². The first-order valence-electron chi connectivity index (χ1n) is 11.3. The largest absolute Gasteiger partial charge is 0.227 e. The normalized spacial score (nSPS) is 13.7. The molecule has 0 fully saturated rings. The second-order valence-corrected chi connectivity index (χ2v) is 12.3. The van der Waals surface area contributed by atoms with Gasteiger partial charge in [-0.1, -0.05) is 119 Å². The molecule has 4 aromatic rings. The van der Waals surface area contributed by atoms with Crippen molar-refractivity contribution in [1.82, 2.24) is 0 Å². The van der Waals surface area contributed by atoms with Crippen LogP contribution in [-0.4, -0.2) is 8.42 Å². The molecule has 0 radical (unpaired) electrons. The summed E-state index contributed by atoms with van der Waals surface area (Å²) in [4.78, 5) is 0. The van der Waals surface area contributed by atoms with Crippen LogP contribution >= 0.6 is 46.4 Å². The molecule has 0 bridgehead atoms. The maximum atomic E-state index is 14.3. The average Bonchev–Trinajstić information content (AvgIpc) is 2.88. The van der Waals surface area contributed by atoms with Gasteiger partial charge in [-0.15, -0.1) is 0 Å². The summed E-state index contributed by atoms with van der Waals surface area (Å²) in [6, 6.07) is 28.1. The highest BCUT2D eigenvalue weighted by Gasteiger charge is 2.33. The maximum absolute atomic E-state index is 14.3. The molecule has 0 aliphatic heterocycles. The Labute approximate surface area is 237 Å². The predicted octanol–water partition coefficient (Wildman–Crippen LogP) is 9.92. The Morgan fingerprint density at radius 3 is 1.03 bits per heavy atom. The molecule has 0 heterocycles. The van der Waals surface area contributed by atoms with Crippen LogP contribution in [0.5, 0.6) is 0 Å². The minimum atomic E-state index is -3.86. The second-order valence-electron chi connectivity index (χ2n) is 8.35. The third-order valence-corrected chi connectivity index (χ3v) is 9.05. The van der Waals surface area contributed by atoms with Crippen LogP contribution in [0.1, 0.15) is 32.8 Å². The van der Waals surface area contributed by atoms with Gasteiger partial charge in [-0.2, -0.15) is 0 Å². The molecule has 7 heteroatoms. The van der Waals surface area contributed by atoms with Crippen molar-refractivity contribution in [1.29, 1.82) is 0 Å². The van der Waals surface area contributed by atoms with Crippen LogP contribution in [0.15, 0.2) is 109 Å². The van der Waals surface area contributed by atoms with E-state index in [0.29, 0.717) is 31.2 Å². The van der Waals surface area contributed by atoms with E-state index in [1.807, 2.05) is 24.3 Å². The SMILES string of the molecule is O=S(=O)(C(C=Cc1ccc(Cl)cc1)c1ccc(Cl)cc1)C(C=Cc1ccc(Cl)cc1)c1ccc(Cl)cc1. The highest BCUT2D eigenvalue weighted by atomic mass is 35.5. The van der Waals surface area contributed by atoms with Crippen molar-refractivity contribution in [3.63, 3.8) is 0 Å². The molecule has 2 unspecified atom stereocenters. The Morgan fingerprint density at radius 1 is 0.459 bits per heavy atom. The molecule has 2 atom stereocenters. The smallest absolute Gasteiger partial charge is 0.171 e. The van der Waals surface area contributed by atoms with Gasteiger partial charge in [-0.25, -0.2) is 8.42 Å². The lowest BCUT2D eigenvalue weighted by atomic mass is 10.1. The summed E-state index contributed by atoms with van der Waals surface area (Å²) in [7, 11) is -3.86. The molecular weight excluding hydrogens is 566 g/mol. The predicted molar refractivity (Wildman–Crippen MR) is 158 cm³/mol. The van der Waals surface area contributed by atoms with Crippen LogP contribution < -0.4 is 0 Å². The fourth-order valence-electron chi connectivity index (χ4n) is 3.83. The van der Waals surface area contributed by atoms with Gasteiger partial charge in [-0.05, 0) is 70.8 Å². The molecule has 0 aromatic heterocycles. The number of rotatable bonds is 8. The lowest BCUT2D eigenvalue weighted by Crippen LogP contribution is -2.19. The highest BCUT2D eigenvalue weighted by molar-refractivity contribution is 7.92. The van der Waals surface area contributed by atoms with E-state index in [1.165, 1.54) is 0 Å². The van der Waals surface area contributed by atoms with Crippen molar-refractivity contribution in [3.8, 4) is 0 Å². The third kappa shape index (κ3) is 7.28. The van der Waals surface area contributed by atoms with Gasteiger partial charge in [0.05, 0.1) is 0 Å². The zero-order valence-corrected chi connectivity index (χ0v) is 23.3. The first-order chi connectivity index (χ1) is 17.7. The topological polar surface area (TPSA) is 34.1 Å². The van der Waals surface area contributed by atoms with Gasteiger partial charge < -0.3 is 0 Å². The van der Waals surface area contributed by atoms with E-state index in [-0.39, 0.29) is 0 Å². The fraction of sp³-hybridized carbons (Fsp3) is 0.0667. The van der Waals surface area contributed by atoms with Crippen LogP contribution in [0.4, 0.5) is 0 Å². The molecule has 0 saturated carbocycles. The molecule has 0 N–H and O–H groups in total. The minimum Gasteiger partial charge on any atom is -0.227 e. The molecule has 37 heavy (non-hydrogen) atoms. The van der Waals surface area contributed by atoms with Gasteiger partial charge in [-0.3, -0.25) is 0 Å². The number of hydrogen-bond donors (Lipinski definition) is 0. The summed E-state index contributed by atoms with van der Waals surface area (Å²) in [6.45, 7) is 0. The monoisotopic (exact) mass is 586 g/mol. The summed E-state index contributed by atoms with van der Waals surface area (Å²) in [5.41, 5.74) is 2.87. The zero-order valence-electron chi connectivity index (χ0n) is 19.4. The van der Waals surface area contributed by atoms with E-state index >= 15 is 0 Å². The van der Waals surface area contributed by atoms with Crippen molar-refractivity contribution >= 4 is 68.4 Å². The standard InChI is InChI=1S/C30H22Cl4O2S/c31-25-11-1-21(2-12-25)5-19-29(23-7-15-27(33)16-8-23)37(35,36)30(24-9-17-28(34)18-10-24)20-6-22-3-13-26(32)14-4-22/h1-20,29-30H. The maximum Gasteiger partial charge on any atom is 0.171 e. The number of sulfone groups is 1. The summed E-state index contributed by atoms with van der Waals surface area (Å²) in [5, 5.41) is 0.368. The molecule has 2 nitrogen and oxygen atoms in total. The number of benzene rings is 4. The van der Waals surface area contributed by atoms with Gasteiger partial charge in [0, 0.05) is 20.1 Å². The Morgan fingerprint density at radius 2 is 0.730 bits per heavy atom. The highest BCUT2D eigenvalue weighted by Crippen LogP contribution is 2.38. The lowest BCUT2D eigenvalue weighted by Gasteiger charge is -2.22. The molecular formula is C30H22Cl4O2S. The molecule has 4 rings (SSSR count). The Hall–Kier alpha value is -2.53. The van der Waals surface area contributed by atoms with Crippen LogP contribution in [0, 0.1) is 0 Å². The first kappa shape index (κ1) is 27.5. The van der Waals surface area contributed by atoms with Gasteiger partial charge in [0.25, 0.3) is 0 Å². The quantitative estimate of drug-likeness (QED) is 0.205. The van der Waals surface area contributed by atoms with Crippen LogP contribution in [0.25, 0.3) is 12.2 Å². The number of halogens is 4. The van der Waals surface area contributed by atoms with Gasteiger partial charge in [0.2, 0.25) is 0 Å². The number of hydrogen-bond acceptors (Lipinski definition) is 2. The van der Waals surface area contributed by atoms with E-state index in [0.717, 1.165) is 11.1 Å². The summed E-state index contributed by atoms with van der Waals surface area (Å²) in [6.07, 6.45) is 6.96. The van der Waals surface area contributed by atoms with Crippen molar-refractivity contribution in [2.75, 3.05) is 0 Å². The Balaban J connectivity index is 1.81.